The maximum atomic E-state index is 11.7. The predicted octanol–water partition coefficient (Wildman–Crippen LogP) is 0.965. The summed E-state index contributed by atoms with van der Waals surface area (Å²) >= 11 is 0. The van der Waals surface area contributed by atoms with Gasteiger partial charge in [0.15, 0.2) is 0 Å². The molecule has 2 rings (SSSR count). The summed E-state index contributed by atoms with van der Waals surface area (Å²) in [6.45, 7) is 5.62. The van der Waals surface area contributed by atoms with E-state index in [-0.39, 0.29) is 30.0 Å². The van der Waals surface area contributed by atoms with E-state index in [9.17, 15) is 9.59 Å². The molecule has 2 aliphatic rings. The second kappa shape index (κ2) is 5.69. The molecule has 0 spiro atoms. The van der Waals surface area contributed by atoms with E-state index in [1.165, 1.54) is 0 Å². The molecule has 0 aliphatic carbocycles. The van der Waals surface area contributed by atoms with E-state index in [0.717, 1.165) is 25.8 Å². The van der Waals surface area contributed by atoms with Crippen molar-refractivity contribution in [2.75, 3.05) is 19.7 Å². The van der Waals surface area contributed by atoms with E-state index < -0.39 is 0 Å². The molecule has 0 unspecified atom stereocenters. The van der Waals surface area contributed by atoms with Crippen LogP contribution in [0.5, 0.6) is 0 Å². The Bertz CT molecular complexity index is 331. The Morgan fingerprint density at radius 3 is 2.94 bits per heavy atom. The van der Waals surface area contributed by atoms with Gasteiger partial charge in [0.1, 0.15) is 12.1 Å². The zero-order valence-electron chi connectivity index (χ0n) is 11.1. The summed E-state index contributed by atoms with van der Waals surface area (Å²) in [6.07, 6.45) is 2.51. The van der Waals surface area contributed by atoms with Crippen molar-refractivity contribution in [1.29, 1.82) is 0 Å². The van der Waals surface area contributed by atoms with Gasteiger partial charge in [-0.2, -0.15) is 0 Å². The topological polar surface area (TPSA) is 55.8 Å². The van der Waals surface area contributed by atoms with E-state index >= 15 is 0 Å². The predicted molar refractivity (Wildman–Crippen MR) is 64.9 cm³/mol. The lowest BCUT2D eigenvalue weighted by Crippen LogP contribution is -2.46. The van der Waals surface area contributed by atoms with E-state index in [0.29, 0.717) is 13.2 Å². The van der Waals surface area contributed by atoms with Gasteiger partial charge in [-0.15, -0.1) is 0 Å². The quantitative estimate of drug-likeness (QED) is 0.703. The second-order valence-corrected chi connectivity index (χ2v) is 5.09. The highest BCUT2D eigenvalue weighted by Gasteiger charge is 2.39. The van der Waals surface area contributed by atoms with Crippen LogP contribution in [-0.2, 0) is 19.1 Å². The van der Waals surface area contributed by atoms with E-state index in [1.54, 1.807) is 0 Å². The molecule has 2 fully saturated rings. The van der Waals surface area contributed by atoms with Crippen LogP contribution >= 0.6 is 0 Å². The number of ether oxygens (including phenoxy) is 2. The van der Waals surface area contributed by atoms with Crippen LogP contribution in [0, 0.1) is 5.92 Å². The molecule has 2 heterocycles. The molecule has 2 saturated heterocycles. The Hall–Kier alpha value is -1.10. The molecule has 0 N–H and O–H groups in total. The van der Waals surface area contributed by atoms with Gasteiger partial charge in [0.25, 0.3) is 0 Å². The van der Waals surface area contributed by atoms with Crippen LogP contribution in [0.3, 0.4) is 0 Å². The zero-order valence-corrected chi connectivity index (χ0v) is 11.1. The third-order valence-corrected chi connectivity index (χ3v) is 3.66. The number of likely N-dealkylation sites (tertiary alicyclic amines) is 1. The third kappa shape index (κ3) is 2.83. The van der Waals surface area contributed by atoms with Gasteiger partial charge in [-0.05, 0) is 33.2 Å². The first-order valence-electron chi connectivity index (χ1n) is 6.73. The molecule has 0 aromatic heterocycles. The van der Waals surface area contributed by atoms with Crippen molar-refractivity contribution in [3.05, 3.63) is 0 Å². The highest BCUT2D eigenvalue weighted by atomic mass is 16.6. The normalized spacial score (nSPS) is 33.2. The van der Waals surface area contributed by atoms with Gasteiger partial charge >= 0.3 is 11.9 Å². The molecule has 2 aliphatic heterocycles. The van der Waals surface area contributed by atoms with Gasteiger partial charge in [-0.1, -0.05) is 0 Å². The van der Waals surface area contributed by atoms with Gasteiger partial charge in [0.05, 0.1) is 12.5 Å². The van der Waals surface area contributed by atoms with Gasteiger partial charge in [0, 0.05) is 13.0 Å². The molecular weight excluding hydrogens is 234 g/mol. The van der Waals surface area contributed by atoms with Gasteiger partial charge < -0.3 is 9.47 Å². The van der Waals surface area contributed by atoms with Gasteiger partial charge in [-0.3, -0.25) is 14.5 Å². The first-order chi connectivity index (χ1) is 8.61. The molecule has 5 nitrogen and oxygen atoms in total. The summed E-state index contributed by atoms with van der Waals surface area (Å²) in [7, 11) is 0. The number of carbonyl (C=O) groups excluding carboxylic acids is 2. The van der Waals surface area contributed by atoms with Gasteiger partial charge in [-0.25, -0.2) is 0 Å². The maximum Gasteiger partial charge on any atom is 0.323 e. The van der Waals surface area contributed by atoms with Crippen LogP contribution in [0.1, 0.15) is 33.1 Å². The minimum atomic E-state index is -0.169. The maximum absolute atomic E-state index is 11.7. The van der Waals surface area contributed by atoms with E-state index in [1.807, 2.05) is 13.8 Å². The second-order valence-electron chi connectivity index (χ2n) is 5.09. The fraction of sp³-hybridized carbons (Fsp3) is 0.846. The van der Waals surface area contributed by atoms with Crippen molar-refractivity contribution in [3.8, 4) is 0 Å². The van der Waals surface area contributed by atoms with Crippen molar-refractivity contribution in [2.24, 2.45) is 5.92 Å². The van der Waals surface area contributed by atoms with Crippen molar-refractivity contribution in [1.82, 2.24) is 4.90 Å². The molecule has 0 bridgehead atoms. The van der Waals surface area contributed by atoms with E-state index in [2.05, 4.69) is 4.90 Å². The SMILES string of the molecule is CCOC(=O)[C@@H]1CCCN([C@H]2C[C@@H](C)OC2=O)C1. The molecule has 0 saturated carbocycles. The molecule has 0 radical (unpaired) electrons. The monoisotopic (exact) mass is 255 g/mol. The largest absolute Gasteiger partial charge is 0.466 e. The summed E-state index contributed by atoms with van der Waals surface area (Å²) in [4.78, 5) is 25.5. The number of carbonyl (C=O) groups is 2. The Balaban J connectivity index is 1.94. The van der Waals surface area contributed by atoms with Crippen LogP contribution in [-0.4, -0.2) is 48.7 Å². The lowest BCUT2D eigenvalue weighted by atomic mass is 9.96. The molecule has 102 valence electrons. The molecule has 0 aromatic rings. The fourth-order valence-corrected chi connectivity index (χ4v) is 2.78. The van der Waals surface area contributed by atoms with Crippen LogP contribution < -0.4 is 0 Å². The minimum absolute atomic E-state index is 0.00882. The third-order valence-electron chi connectivity index (χ3n) is 3.66. The standard InChI is InChI=1S/C13H21NO4/c1-3-17-12(15)10-5-4-6-14(8-10)11-7-9(2)18-13(11)16/h9-11H,3-8H2,1-2H3/t9-,10-,11+/m1/s1. The van der Waals surface area contributed by atoms with Gasteiger partial charge in [0.2, 0.25) is 0 Å². The van der Waals surface area contributed by atoms with Crippen LogP contribution in [0.4, 0.5) is 0 Å². The van der Waals surface area contributed by atoms with Crippen molar-refractivity contribution < 1.29 is 19.1 Å². The first-order valence-corrected chi connectivity index (χ1v) is 6.73. The smallest absolute Gasteiger partial charge is 0.323 e. The molecular formula is C13H21NO4. The van der Waals surface area contributed by atoms with Crippen LogP contribution in [0.25, 0.3) is 0 Å². The first kappa shape index (κ1) is 13.3. The molecule has 0 amide bonds. The van der Waals surface area contributed by atoms with Crippen molar-refractivity contribution >= 4 is 11.9 Å². The number of hydrogen-bond acceptors (Lipinski definition) is 5. The Labute approximate surface area is 107 Å². The lowest BCUT2D eigenvalue weighted by Gasteiger charge is -2.33. The number of cyclic esters (lactones) is 1. The van der Waals surface area contributed by atoms with E-state index in [4.69, 9.17) is 9.47 Å². The molecule has 0 aromatic carbocycles. The van der Waals surface area contributed by atoms with Crippen molar-refractivity contribution in [3.63, 3.8) is 0 Å². The average Bonchev–Trinajstić information content (AvgIpc) is 2.69. The summed E-state index contributed by atoms with van der Waals surface area (Å²) in [5.41, 5.74) is 0. The lowest BCUT2D eigenvalue weighted by molar-refractivity contribution is -0.152. The molecule has 3 atom stereocenters. The Kier molecular flexibility index (Phi) is 4.22. The highest BCUT2D eigenvalue weighted by molar-refractivity contribution is 5.78. The highest BCUT2D eigenvalue weighted by Crippen LogP contribution is 2.26. The number of piperidine rings is 1. The molecule has 5 heteroatoms. The summed E-state index contributed by atoms with van der Waals surface area (Å²) in [5.74, 6) is -0.379. The number of hydrogen-bond donors (Lipinski definition) is 0. The molecule has 18 heavy (non-hydrogen) atoms. The van der Waals surface area contributed by atoms with Crippen LogP contribution in [0.15, 0.2) is 0 Å². The zero-order chi connectivity index (χ0) is 13.1. The number of nitrogens with zero attached hydrogens (tertiary/aromatic N) is 1. The van der Waals surface area contributed by atoms with Crippen LogP contribution in [0.2, 0.25) is 0 Å². The Morgan fingerprint density at radius 2 is 2.33 bits per heavy atom. The van der Waals surface area contributed by atoms with Crippen molar-refractivity contribution in [2.45, 2.75) is 45.3 Å². The average molecular weight is 255 g/mol. The Morgan fingerprint density at radius 1 is 1.56 bits per heavy atom. The summed E-state index contributed by atoms with van der Waals surface area (Å²) < 4.78 is 10.2. The fourth-order valence-electron chi connectivity index (χ4n) is 2.78. The minimum Gasteiger partial charge on any atom is -0.466 e. The summed E-state index contributed by atoms with van der Waals surface area (Å²) in [5, 5.41) is 0. The number of esters is 2. The number of rotatable bonds is 3. The summed E-state index contributed by atoms with van der Waals surface area (Å²) in [6, 6.07) is -0.169.